The minimum atomic E-state index is -2.72. The van der Waals surface area contributed by atoms with Crippen LogP contribution < -0.4 is 0 Å². The van der Waals surface area contributed by atoms with Crippen LogP contribution in [0, 0.1) is 0 Å². The summed E-state index contributed by atoms with van der Waals surface area (Å²) in [6.07, 6.45) is 4.79. The van der Waals surface area contributed by atoms with Crippen LogP contribution >= 0.6 is 12.6 Å². The van der Waals surface area contributed by atoms with Crippen molar-refractivity contribution in [2.24, 2.45) is 0 Å². The van der Waals surface area contributed by atoms with Crippen LogP contribution in [-0.2, 0) is 13.3 Å². The zero-order valence-electron chi connectivity index (χ0n) is 8.15. The van der Waals surface area contributed by atoms with E-state index in [9.17, 15) is 0 Å². The number of rotatable bonds is 9. The molecule has 0 aliphatic rings. The maximum atomic E-state index is 5.29. The lowest BCUT2D eigenvalue weighted by Crippen LogP contribution is -2.41. The van der Waals surface area contributed by atoms with E-state index in [0.717, 1.165) is 12.2 Å². The predicted octanol–water partition coefficient (Wildman–Crippen LogP) is 2.73. The highest BCUT2D eigenvalue weighted by molar-refractivity contribution is 7.80. The van der Waals surface area contributed by atoms with Gasteiger partial charge in [0.2, 0.25) is 0 Å². The van der Waals surface area contributed by atoms with Gasteiger partial charge in [0.05, 0.1) is 24.8 Å². The SMILES string of the molecule is C=CO[Si](CCCS)(OC=C)OC=C. The minimum Gasteiger partial charge on any atom is -0.491 e. The third-order valence-corrected chi connectivity index (χ3v) is 4.29. The summed E-state index contributed by atoms with van der Waals surface area (Å²) in [6.45, 7) is 10.4. The van der Waals surface area contributed by atoms with Crippen LogP contribution in [0.5, 0.6) is 0 Å². The average molecular weight is 232 g/mol. The van der Waals surface area contributed by atoms with Gasteiger partial charge in [-0.3, -0.25) is 0 Å². The van der Waals surface area contributed by atoms with Crippen LogP contribution in [0.1, 0.15) is 6.42 Å². The van der Waals surface area contributed by atoms with Crippen molar-refractivity contribution in [3.63, 3.8) is 0 Å². The molecule has 0 heterocycles. The molecule has 0 bridgehead atoms. The molecular formula is C9H16O3SSi. The van der Waals surface area contributed by atoms with E-state index in [1.165, 1.54) is 18.8 Å². The molecule has 0 aliphatic heterocycles. The van der Waals surface area contributed by atoms with E-state index >= 15 is 0 Å². The lowest BCUT2D eigenvalue weighted by molar-refractivity contribution is 0.181. The van der Waals surface area contributed by atoms with Crippen molar-refractivity contribution in [1.29, 1.82) is 0 Å². The Balaban J connectivity index is 4.43. The standard InChI is InChI=1S/C9H16O3SSi/c1-4-10-14(11-5-2,12-6-3)9-7-8-13/h4-6,13H,1-3,7-9H2. The fraction of sp³-hybridized carbons (Fsp3) is 0.333. The van der Waals surface area contributed by atoms with Gasteiger partial charge in [-0.2, -0.15) is 12.6 Å². The number of thiol groups is 1. The van der Waals surface area contributed by atoms with Crippen LogP contribution in [0.15, 0.2) is 38.5 Å². The summed E-state index contributed by atoms with van der Waals surface area (Å²) >= 11 is 4.11. The molecule has 80 valence electrons. The van der Waals surface area contributed by atoms with Crippen molar-refractivity contribution in [2.45, 2.75) is 12.5 Å². The first-order valence-electron chi connectivity index (χ1n) is 4.21. The Morgan fingerprint density at radius 2 is 1.43 bits per heavy atom. The number of hydrogen-bond donors (Lipinski definition) is 1. The fourth-order valence-corrected chi connectivity index (χ4v) is 3.28. The Labute approximate surface area is 91.8 Å². The van der Waals surface area contributed by atoms with Gasteiger partial charge in [0, 0.05) is 0 Å². The second-order valence-corrected chi connectivity index (χ2v) is 5.38. The largest absolute Gasteiger partial charge is 0.697 e. The Kier molecular flexibility index (Phi) is 7.14. The molecule has 0 aliphatic carbocycles. The van der Waals surface area contributed by atoms with E-state index < -0.39 is 8.80 Å². The van der Waals surface area contributed by atoms with Gasteiger partial charge in [-0.15, -0.1) is 0 Å². The van der Waals surface area contributed by atoms with E-state index in [1.807, 2.05) is 0 Å². The Morgan fingerprint density at radius 3 is 1.71 bits per heavy atom. The van der Waals surface area contributed by atoms with Gasteiger partial charge in [-0.05, 0) is 12.2 Å². The molecule has 0 rings (SSSR count). The first-order valence-corrected chi connectivity index (χ1v) is 6.78. The molecule has 5 heteroatoms. The van der Waals surface area contributed by atoms with Crippen molar-refractivity contribution in [1.82, 2.24) is 0 Å². The molecule has 0 saturated carbocycles. The first-order chi connectivity index (χ1) is 6.74. The Hall–Kier alpha value is -0.813. The molecule has 0 aromatic heterocycles. The number of hydrogen-bond acceptors (Lipinski definition) is 4. The summed E-state index contributed by atoms with van der Waals surface area (Å²) < 4.78 is 15.9. The summed E-state index contributed by atoms with van der Waals surface area (Å²) in [4.78, 5) is 0. The molecule has 14 heavy (non-hydrogen) atoms. The normalized spacial score (nSPS) is 10.1. The van der Waals surface area contributed by atoms with Crippen LogP contribution in [0.25, 0.3) is 0 Å². The van der Waals surface area contributed by atoms with Gasteiger partial charge in [0.25, 0.3) is 0 Å². The monoisotopic (exact) mass is 232 g/mol. The summed E-state index contributed by atoms with van der Waals surface area (Å²) in [7, 11) is -2.72. The maximum Gasteiger partial charge on any atom is 0.697 e. The van der Waals surface area contributed by atoms with Crippen LogP contribution in [0.2, 0.25) is 6.04 Å². The lowest BCUT2D eigenvalue weighted by atomic mass is 10.6. The molecule has 0 unspecified atom stereocenters. The molecule has 0 N–H and O–H groups in total. The van der Waals surface area contributed by atoms with E-state index in [-0.39, 0.29) is 0 Å². The van der Waals surface area contributed by atoms with Crippen molar-refractivity contribution < 1.29 is 13.3 Å². The third-order valence-electron chi connectivity index (χ3n) is 1.43. The van der Waals surface area contributed by atoms with Gasteiger partial charge < -0.3 is 13.3 Å². The second-order valence-electron chi connectivity index (χ2n) is 2.36. The van der Waals surface area contributed by atoms with Crippen molar-refractivity contribution >= 4 is 21.4 Å². The summed E-state index contributed by atoms with van der Waals surface area (Å²) in [5.41, 5.74) is 0. The molecular weight excluding hydrogens is 216 g/mol. The third kappa shape index (κ3) is 4.43. The highest BCUT2D eigenvalue weighted by Gasteiger charge is 2.45. The zero-order chi connectivity index (χ0) is 10.9. The van der Waals surface area contributed by atoms with E-state index in [4.69, 9.17) is 13.3 Å². The minimum absolute atomic E-state index is 0.653. The average Bonchev–Trinajstić information content (AvgIpc) is 2.16. The van der Waals surface area contributed by atoms with Crippen molar-refractivity contribution in [2.75, 3.05) is 5.75 Å². The topological polar surface area (TPSA) is 27.7 Å². The Bertz CT molecular complexity index is 170. The van der Waals surface area contributed by atoms with E-state index in [0.29, 0.717) is 6.04 Å². The Morgan fingerprint density at radius 1 is 1.00 bits per heavy atom. The zero-order valence-corrected chi connectivity index (χ0v) is 10.0. The van der Waals surface area contributed by atoms with Gasteiger partial charge in [-0.1, -0.05) is 19.7 Å². The molecule has 3 nitrogen and oxygen atoms in total. The first kappa shape index (κ1) is 13.2. The molecule has 0 amide bonds. The molecule has 0 spiro atoms. The maximum absolute atomic E-state index is 5.29. The van der Waals surface area contributed by atoms with Gasteiger partial charge >= 0.3 is 8.80 Å². The van der Waals surface area contributed by atoms with Crippen molar-refractivity contribution in [3.05, 3.63) is 38.5 Å². The molecule has 0 saturated heterocycles. The molecule has 0 atom stereocenters. The second kappa shape index (κ2) is 7.58. The smallest absolute Gasteiger partial charge is 0.491 e. The molecule has 0 aromatic carbocycles. The quantitative estimate of drug-likeness (QED) is 0.376. The molecule has 0 radical (unpaired) electrons. The fourth-order valence-electron chi connectivity index (χ4n) is 0.937. The van der Waals surface area contributed by atoms with Gasteiger partial charge in [-0.25, -0.2) is 0 Å². The highest BCUT2D eigenvalue weighted by atomic mass is 32.1. The molecule has 0 fully saturated rings. The molecule has 0 aromatic rings. The lowest BCUT2D eigenvalue weighted by Gasteiger charge is -2.24. The van der Waals surface area contributed by atoms with E-state index in [2.05, 4.69) is 32.4 Å². The van der Waals surface area contributed by atoms with Gasteiger partial charge in [0.15, 0.2) is 0 Å². The van der Waals surface area contributed by atoms with Crippen LogP contribution in [-0.4, -0.2) is 14.6 Å². The summed E-state index contributed by atoms with van der Waals surface area (Å²) in [5, 5.41) is 0. The van der Waals surface area contributed by atoms with Crippen LogP contribution in [0.3, 0.4) is 0 Å². The predicted molar refractivity (Wildman–Crippen MR) is 62.9 cm³/mol. The summed E-state index contributed by atoms with van der Waals surface area (Å²) in [5.74, 6) is 0.746. The van der Waals surface area contributed by atoms with Gasteiger partial charge in [0.1, 0.15) is 0 Å². The summed E-state index contributed by atoms with van der Waals surface area (Å²) in [6, 6.07) is 0.653. The van der Waals surface area contributed by atoms with Crippen molar-refractivity contribution in [3.8, 4) is 0 Å². The van der Waals surface area contributed by atoms with Crippen LogP contribution in [0.4, 0.5) is 0 Å². The highest BCUT2D eigenvalue weighted by Crippen LogP contribution is 2.19. The van der Waals surface area contributed by atoms with E-state index in [1.54, 1.807) is 0 Å².